The van der Waals surface area contributed by atoms with E-state index in [0.29, 0.717) is 44.3 Å². The maximum Gasteiger partial charge on any atom is 0.324 e. The minimum absolute atomic E-state index is 0.0101. The van der Waals surface area contributed by atoms with Crippen molar-refractivity contribution >= 4 is 35.1 Å². The Hall–Kier alpha value is -5.31. The van der Waals surface area contributed by atoms with Gasteiger partial charge in [0.05, 0.1) is 24.1 Å². The van der Waals surface area contributed by atoms with E-state index in [0.717, 1.165) is 50.5 Å². The van der Waals surface area contributed by atoms with Gasteiger partial charge in [0.1, 0.15) is 23.9 Å². The first-order valence-corrected chi connectivity index (χ1v) is 22.4. The number of likely N-dealkylation sites (N-methyl/N-ethyl adjacent to an activating group) is 1. The fourth-order valence-corrected chi connectivity index (χ4v) is 9.15. The Balaban J connectivity index is 0.00000101. The van der Waals surface area contributed by atoms with Crippen LogP contribution in [0.25, 0.3) is 33.3 Å². The summed E-state index contributed by atoms with van der Waals surface area (Å²) in [6.07, 6.45) is 5.08. The number of carbonyl (C=O) groups is 4. The van der Waals surface area contributed by atoms with Gasteiger partial charge in [0.15, 0.2) is 0 Å². The molecule has 5 heterocycles. The number of hydrazine groups is 1. The molecule has 3 unspecified atom stereocenters. The van der Waals surface area contributed by atoms with Crippen LogP contribution in [0.15, 0.2) is 54.7 Å². The largest absolute Gasteiger partial charge is 0.508 e. The van der Waals surface area contributed by atoms with Gasteiger partial charge in [0, 0.05) is 61.7 Å². The van der Waals surface area contributed by atoms with Gasteiger partial charge in [-0.3, -0.25) is 29.2 Å². The highest BCUT2D eigenvalue weighted by Crippen LogP contribution is 2.42. The van der Waals surface area contributed by atoms with Gasteiger partial charge in [-0.15, -0.1) is 0 Å². The molecule has 340 valence electrons. The number of nitrogens with one attached hydrogen (secondary N) is 3. The first-order valence-electron chi connectivity index (χ1n) is 22.4. The lowest BCUT2D eigenvalue weighted by atomic mass is 9.84. The second kappa shape index (κ2) is 20.5. The van der Waals surface area contributed by atoms with Crippen molar-refractivity contribution in [3.05, 3.63) is 71.5 Å². The van der Waals surface area contributed by atoms with E-state index < -0.39 is 41.3 Å². The van der Waals surface area contributed by atoms with Gasteiger partial charge in [-0.25, -0.2) is 5.43 Å². The van der Waals surface area contributed by atoms with Gasteiger partial charge in [0.2, 0.25) is 12.3 Å². The fourth-order valence-electron chi connectivity index (χ4n) is 9.15. The predicted molar refractivity (Wildman–Crippen MR) is 244 cm³/mol. The van der Waals surface area contributed by atoms with Crippen molar-refractivity contribution in [2.75, 3.05) is 40.4 Å². The van der Waals surface area contributed by atoms with Crippen LogP contribution in [0.4, 0.5) is 0 Å². The van der Waals surface area contributed by atoms with Crippen molar-refractivity contribution in [1.82, 2.24) is 35.5 Å². The zero-order valence-electron chi connectivity index (χ0n) is 38.5. The molecule has 63 heavy (non-hydrogen) atoms. The maximum absolute atomic E-state index is 14.4. The average molecular weight is 866 g/mol. The minimum atomic E-state index is -1.09. The van der Waals surface area contributed by atoms with E-state index in [1.54, 1.807) is 25.4 Å². The number of methoxy groups -OCH3 is 1. The van der Waals surface area contributed by atoms with Gasteiger partial charge in [-0.2, -0.15) is 0 Å². The molecule has 0 spiro atoms. The van der Waals surface area contributed by atoms with Crippen molar-refractivity contribution in [3.63, 3.8) is 0 Å². The number of cyclic esters (lactones) is 1. The predicted octanol–water partition coefficient (Wildman–Crippen LogP) is 6.18. The highest BCUT2D eigenvalue weighted by molar-refractivity contribution is 5.96. The lowest BCUT2D eigenvalue weighted by Crippen LogP contribution is -2.61. The van der Waals surface area contributed by atoms with Crippen molar-refractivity contribution in [2.45, 2.75) is 111 Å². The van der Waals surface area contributed by atoms with E-state index in [-0.39, 0.29) is 30.8 Å². The van der Waals surface area contributed by atoms with Crippen LogP contribution in [0, 0.1) is 17.3 Å². The van der Waals surface area contributed by atoms with E-state index in [9.17, 15) is 24.3 Å². The third kappa shape index (κ3) is 10.9. The molecular weight excluding hydrogens is 799 g/mol. The number of hydrogen-bond acceptors (Lipinski definition) is 10. The lowest BCUT2D eigenvalue weighted by Gasteiger charge is -2.36. The summed E-state index contributed by atoms with van der Waals surface area (Å²) in [7, 11) is 3.21. The molecule has 0 radical (unpaired) electrons. The SMILES string of the molecule is CCn1c(-c2cccnc2C(C)OC)c2c3cc(ccc31)-c1cc(O)cc(c1)CC(NC(=O)C(C(C)C)N(C)C=O)C(=O)N1CCC[C@H](N1)C(=O)OCC(C)(C)C2.C[C@@H]1CCNC1. The summed E-state index contributed by atoms with van der Waals surface area (Å²) < 4.78 is 14.1. The number of pyridine rings is 1. The summed E-state index contributed by atoms with van der Waals surface area (Å²) in [6.45, 7) is 17.8. The number of phenolic OH excluding ortho intramolecular Hbond substituents is 1. The number of benzene rings is 2. The Morgan fingerprint density at radius 2 is 1.90 bits per heavy atom. The van der Waals surface area contributed by atoms with Gasteiger partial charge < -0.3 is 34.7 Å². The summed E-state index contributed by atoms with van der Waals surface area (Å²) in [5.41, 5.74) is 9.67. The summed E-state index contributed by atoms with van der Waals surface area (Å²) in [4.78, 5) is 59.7. The summed E-state index contributed by atoms with van der Waals surface area (Å²) in [5.74, 6) is -0.688. The summed E-state index contributed by atoms with van der Waals surface area (Å²) in [5, 5.41) is 19.7. The first-order chi connectivity index (χ1) is 30.0. The van der Waals surface area contributed by atoms with Crippen LogP contribution in [0.2, 0.25) is 0 Å². The molecule has 7 rings (SSSR count). The molecule has 14 heteroatoms. The Kier molecular flexibility index (Phi) is 15.3. The molecule has 2 aromatic heterocycles. The second-order valence-electron chi connectivity index (χ2n) is 18.6. The molecule has 3 aliphatic heterocycles. The summed E-state index contributed by atoms with van der Waals surface area (Å²) in [6, 6.07) is 12.8. The number of nitrogens with zero attached hydrogens (tertiary/aromatic N) is 4. The number of carbonyl (C=O) groups excluding carboxylic acids is 4. The monoisotopic (exact) mass is 866 g/mol. The number of rotatable bonds is 9. The second-order valence-corrected chi connectivity index (χ2v) is 18.6. The highest BCUT2D eigenvalue weighted by Gasteiger charge is 2.37. The molecule has 2 fully saturated rings. The number of phenols is 1. The van der Waals surface area contributed by atoms with Gasteiger partial charge in [-0.1, -0.05) is 46.8 Å². The Bertz CT molecular complexity index is 2270. The van der Waals surface area contributed by atoms with E-state index in [2.05, 4.69) is 66.5 Å². The molecule has 14 nitrogen and oxygen atoms in total. The number of aromatic hydroxyl groups is 1. The van der Waals surface area contributed by atoms with E-state index in [1.807, 2.05) is 39.0 Å². The normalized spacial score (nSPS) is 21.2. The maximum atomic E-state index is 14.4. The minimum Gasteiger partial charge on any atom is -0.508 e. The number of fused-ring (bicyclic) bond motifs is 6. The van der Waals surface area contributed by atoms with Crippen LogP contribution in [-0.4, -0.2) is 107 Å². The number of ether oxygens (including phenoxy) is 2. The zero-order valence-corrected chi connectivity index (χ0v) is 38.5. The quantitative estimate of drug-likeness (QED) is 0.113. The molecule has 0 saturated carbocycles. The Morgan fingerprint density at radius 1 is 1.13 bits per heavy atom. The van der Waals surface area contributed by atoms with Gasteiger partial charge >= 0.3 is 5.97 Å². The third-order valence-electron chi connectivity index (χ3n) is 12.5. The number of aromatic nitrogens is 2. The highest BCUT2D eigenvalue weighted by atomic mass is 16.5. The van der Waals surface area contributed by atoms with Crippen molar-refractivity contribution in [2.24, 2.45) is 17.3 Å². The topological polar surface area (TPSA) is 167 Å². The number of aryl methyl sites for hydroxylation is 1. The van der Waals surface area contributed by atoms with Crippen LogP contribution in [0.3, 0.4) is 0 Å². The van der Waals surface area contributed by atoms with Crippen LogP contribution in [0.1, 0.15) is 90.7 Å². The molecule has 0 aliphatic carbocycles. The van der Waals surface area contributed by atoms with Gasteiger partial charge in [-0.05, 0) is 123 Å². The van der Waals surface area contributed by atoms with Crippen molar-refractivity contribution < 1.29 is 33.8 Å². The zero-order chi connectivity index (χ0) is 45.6. The van der Waals surface area contributed by atoms with Crippen LogP contribution in [0.5, 0.6) is 5.75 Å². The fraction of sp³-hybridized carbons (Fsp3) is 0.531. The third-order valence-corrected chi connectivity index (χ3v) is 12.5. The first kappa shape index (κ1) is 47.2. The summed E-state index contributed by atoms with van der Waals surface area (Å²) >= 11 is 0. The van der Waals surface area contributed by atoms with Crippen molar-refractivity contribution in [1.29, 1.82) is 0 Å². The number of esters is 1. The standard InChI is InChI=1S/C44H56N6O7.C5H11N/c1-9-49-37-15-14-29-22-33(37)34(40(49)32-12-10-16-45-38(32)27(4)56-8)23-44(5,6)24-57-43(55)35-13-11-17-50(47-35)42(54)36(20-28-18-30(29)21-31(52)19-28)46-41(53)39(26(2)3)48(7)25-51;1-5-2-3-6-4-5/h10,12,14-16,18-19,21-22,25-27,35-36,39,47,52H,9,11,13,17,20,23-24H2,1-8H3,(H,46,53);5-6H,2-4H2,1H3/t27?,35-,36?,39?;5-/m01/s1. The molecule has 3 amide bonds. The molecule has 2 aromatic carbocycles. The lowest BCUT2D eigenvalue weighted by molar-refractivity contribution is -0.155. The van der Waals surface area contributed by atoms with Gasteiger partial charge in [0.25, 0.3) is 5.91 Å². The molecule has 3 aliphatic rings. The number of hydrogen-bond donors (Lipinski definition) is 4. The molecule has 5 atom stereocenters. The molecule has 4 N–H and O–H groups in total. The number of amides is 3. The van der Waals surface area contributed by atoms with Crippen LogP contribution in [-0.2, 0) is 48.0 Å². The molecular formula is C49H67N7O7. The van der Waals surface area contributed by atoms with E-state index >= 15 is 0 Å². The molecule has 4 aromatic rings. The van der Waals surface area contributed by atoms with Crippen LogP contribution < -0.4 is 16.1 Å². The van der Waals surface area contributed by atoms with E-state index in [4.69, 9.17) is 14.5 Å². The van der Waals surface area contributed by atoms with E-state index in [1.165, 1.54) is 36.5 Å². The Morgan fingerprint density at radius 3 is 2.56 bits per heavy atom. The molecule has 6 bridgehead atoms. The molecule has 2 saturated heterocycles. The Labute approximate surface area is 372 Å². The van der Waals surface area contributed by atoms with Crippen molar-refractivity contribution in [3.8, 4) is 28.1 Å². The smallest absolute Gasteiger partial charge is 0.324 e. The van der Waals surface area contributed by atoms with Crippen LogP contribution >= 0.6 is 0 Å². The average Bonchev–Trinajstić information content (AvgIpc) is 3.87.